The average molecular weight is 316 g/mol. The topological polar surface area (TPSA) is 81.4 Å². The average Bonchev–Trinajstić information content (AvgIpc) is 2.55. The van der Waals surface area contributed by atoms with Gasteiger partial charge in [-0.2, -0.15) is 0 Å². The molecule has 0 aliphatic carbocycles. The maximum atomic E-state index is 11.8. The lowest BCUT2D eigenvalue weighted by Gasteiger charge is -2.08. The second-order valence-corrected chi connectivity index (χ2v) is 5.28. The van der Waals surface area contributed by atoms with Crippen LogP contribution in [0.2, 0.25) is 0 Å². The third-order valence-electron chi connectivity index (χ3n) is 2.89. The molecule has 5 nitrogen and oxygen atoms in total. The molecule has 0 bridgehead atoms. The SMILES string of the molecule is CSc1cccc(NC(=O)Oc2ccc(C(=O)CN)cc2)c1. The summed E-state index contributed by atoms with van der Waals surface area (Å²) in [7, 11) is 0. The van der Waals surface area contributed by atoms with Crippen molar-refractivity contribution in [3.8, 4) is 5.75 Å². The summed E-state index contributed by atoms with van der Waals surface area (Å²) in [5.41, 5.74) is 6.43. The summed E-state index contributed by atoms with van der Waals surface area (Å²) in [5.74, 6) is 0.192. The number of nitrogens with two attached hydrogens (primary N) is 1. The first kappa shape index (κ1) is 16.1. The molecule has 2 rings (SSSR count). The lowest BCUT2D eigenvalue weighted by atomic mass is 10.1. The number of hydrogen-bond acceptors (Lipinski definition) is 5. The highest BCUT2D eigenvalue weighted by Gasteiger charge is 2.07. The van der Waals surface area contributed by atoms with Gasteiger partial charge >= 0.3 is 6.09 Å². The van der Waals surface area contributed by atoms with Crippen LogP contribution in [0.3, 0.4) is 0 Å². The normalized spacial score (nSPS) is 10.1. The fourth-order valence-electron chi connectivity index (χ4n) is 1.78. The van der Waals surface area contributed by atoms with Crippen LogP contribution in [0.5, 0.6) is 5.75 Å². The Bertz CT molecular complexity index is 671. The van der Waals surface area contributed by atoms with Gasteiger partial charge < -0.3 is 10.5 Å². The Kier molecular flexibility index (Phi) is 5.57. The Morgan fingerprint density at radius 2 is 1.91 bits per heavy atom. The van der Waals surface area contributed by atoms with Gasteiger partial charge in [0.05, 0.1) is 6.54 Å². The van der Waals surface area contributed by atoms with E-state index in [0.717, 1.165) is 4.90 Å². The molecular weight excluding hydrogens is 300 g/mol. The number of thioether (sulfide) groups is 1. The summed E-state index contributed by atoms with van der Waals surface area (Å²) in [6, 6.07) is 13.7. The zero-order valence-corrected chi connectivity index (χ0v) is 12.9. The summed E-state index contributed by atoms with van der Waals surface area (Å²) in [5, 5.41) is 2.65. The van der Waals surface area contributed by atoms with Gasteiger partial charge in [0.25, 0.3) is 0 Å². The van der Waals surface area contributed by atoms with E-state index in [4.69, 9.17) is 10.5 Å². The Labute approximate surface area is 132 Å². The number of nitrogens with one attached hydrogen (secondary N) is 1. The summed E-state index contributed by atoms with van der Waals surface area (Å²) in [6.45, 7) is -0.0491. The fourth-order valence-corrected chi connectivity index (χ4v) is 2.24. The fraction of sp³-hybridized carbons (Fsp3) is 0.125. The van der Waals surface area contributed by atoms with E-state index in [9.17, 15) is 9.59 Å². The zero-order chi connectivity index (χ0) is 15.9. The number of carbonyl (C=O) groups is 2. The Balaban J connectivity index is 1.98. The largest absolute Gasteiger partial charge is 0.417 e. The van der Waals surface area contributed by atoms with Crippen LogP contribution in [0, 0.1) is 0 Å². The molecule has 0 aromatic heterocycles. The minimum Gasteiger partial charge on any atom is -0.410 e. The second kappa shape index (κ2) is 7.63. The lowest BCUT2D eigenvalue weighted by molar-refractivity contribution is 0.100. The number of anilines is 1. The van der Waals surface area contributed by atoms with Gasteiger partial charge in [0.1, 0.15) is 5.75 Å². The molecule has 0 saturated carbocycles. The Hall–Kier alpha value is -2.31. The first-order valence-corrected chi connectivity index (χ1v) is 7.81. The number of rotatable bonds is 5. The maximum absolute atomic E-state index is 11.8. The van der Waals surface area contributed by atoms with E-state index >= 15 is 0 Å². The van der Waals surface area contributed by atoms with Gasteiger partial charge in [0.2, 0.25) is 0 Å². The van der Waals surface area contributed by atoms with E-state index in [0.29, 0.717) is 17.0 Å². The number of benzene rings is 2. The molecule has 1 amide bonds. The molecule has 3 N–H and O–H groups in total. The number of carbonyl (C=O) groups excluding carboxylic acids is 2. The number of amides is 1. The van der Waals surface area contributed by atoms with Crippen LogP contribution < -0.4 is 15.8 Å². The van der Waals surface area contributed by atoms with Gasteiger partial charge in [-0.15, -0.1) is 11.8 Å². The van der Waals surface area contributed by atoms with Crippen molar-refractivity contribution in [3.63, 3.8) is 0 Å². The highest BCUT2D eigenvalue weighted by atomic mass is 32.2. The van der Waals surface area contributed by atoms with E-state index in [1.807, 2.05) is 24.5 Å². The Morgan fingerprint density at radius 3 is 2.55 bits per heavy atom. The molecule has 0 atom stereocenters. The van der Waals surface area contributed by atoms with E-state index in [2.05, 4.69) is 5.32 Å². The summed E-state index contributed by atoms with van der Waals surface area (Å²) < 4.78 is 5.16. The zero-order valence-electron chi connectivity index (χ0n) is 12.0. The standard InChI is InChI=1S/C16H16N2O3S/c1-22-14-4-2-3-12(9-14)18-16(20)21-13-7-5-11(6-8-13)15(19)10-17/h2-9H,10,17H2,1H3,(H,18,20). The number of ketones is 1. The van der Waals surface area contributed by atoms with Crippen molar-refractivity contribution in [3.05, 3.63) is 54.1 Å². The van der Waals surface area contributed by atoms with Gasteiger partial charge in [-0.3, -0.25) is 10.1 Å². The van der Waals surface area contributed by atoms with Crippen molar-refractivity contribution in [1.29, 1.82) is 0 Å². The molecular formula is C16H16N2O3S. The van der Waals surface area contributed by atoms with Crippen LogP contribution in [-0.4, -0.2) is 24.7 Å². The van der Waals surface area contributed by atoms with Gasteiger partial charge in [0.15, 0.2) is 5.78 Å². The van der Waals surface area contributed by atoms with E-state index in [-0.39, 0.29) is 12.3 Å². The van der Waals surface area contributed by atoms with Crippen molar-refractivity contribution < 1.29 is 14.3 Å². The first-order chi connectivity index (χ1) is 10.6. The minimum atomic E-state index is -0.587. The summed E-state index contributed by atoms with van der Waals surface area (Å²) >= 11 is 1.59. The number of ether oxygens (including phenoxy) is 1. The van der Waals surface area contributed by atoms with Crippen molar-refractivity contribution in [2.24, 2.45) is 5.73 Å². The van der Waals surface area contributed by atoms with Crippen LogP contribution in [0.15, 0.2) is 53.4 Å². The summed E-state index contributed by atoms with van der Waals surface area (Å²) in [4.78, 5) is 24.3. The molecule has 6 heteroatoms. The van der Waals surface area contributed by atoms with Crippen LogP contribution in [0.1, 0.15) is 10.4 Å². The lowest BCUT2D eigenvalue weighted by Crippen LogP contribution is -2.17. The van der Waals surface area contributed by atoms with Gasteiger partial charge in [-0.05, 0) is 48.7 Å². The van der Waals surface area contributed by atoms with Crippen molar-refractivity contribution in [1.82, 2.24) is 0 Å². The third-order valence-corrected chi connectivity index (χ3v) is 3.61. The molecule has 2 aromatic carbocycles. The van der Waals surface area contributed by atoms with Gasteiger partial charge in [-0.1, -0.05) is 6.07 Å². The van der Waals surface area contributed by atoms with Crippen LogP contribution in [0.4, 0.5) is 10.5 Å². The van der Waals surface area contributed by atoms with Crippen LogP contribution in [-0.2, 0) is 0 Å². The molecule has 0 heterocycles. The molecule has 0 unspecified atom stereocenters. The minimum absolute atomic E-state index is 0.0491. The molecule has 0 aliphatic heterocycles. The first-order valence-electron chi connectivity index (χ1n) is 6.58. The number of Topliss-reactive ketones (excluding diaryl/α,β-unsaturated/α-hetero) is 1. The number of hydrogen-bond donors (Lipinski definition) is 2. The van der Waals surface area contributed by atoms with Crippen molar-refractivity contribution >= 4 is 29.3 Å². The highest BCUT2D eigenvalue weighted by Crippen LogP contribution is 2.19. The van der Waals surface area contributed by atoms with E-state index in [1.165, 1.54) is 0 Å². The van der Waals surface area contributed by atoms with Gasteiger partial charge in [-0.25, -0.2) is 4.79 Å². The van der Waals surface area contributed by atoms with Crippen LogP contribution >= 0.6 is 11.8 Å². The van der Waals surface area contributed by atoms with Crippen molar-refractivity contribution in [2.45, 2.75) is 4.90 Å². The molecule has 0 saturated heterocycles. The van der Waals surface area contributed by atoms with E-state index < -0.39 is 6.09 Å². The molecule has 22 heavy (non-hydrogen) atoms. The monoisotopic (exact) mass is 316 g/mol. The molecule has 114 valence electrons. The maximum Gasteiger partial charge on any atom is 0.417 e. The molecule has 0 radical (unpaired) electrons. The smallest absolute Gasteiger partial charge is 0.410 e. The predicted octanol–water partition coefficient (Wildman–Crippen LogP) is 3.16. The molecule has 2 aromatic rings. The molecule has 0 fully saturated rings. The van der Waals surface area contributed by atoms with Gasteiger partial charge in [0, 0.05) is 16.1 Å². The highest BCUT2D eigenvalue weighted by molar-refractivity contribution is 7.98. The second-order valence-electron chi connectivity index (χ2n) is 4.40. The molecule has 0 spiro atoms. The summed E-state index contributed by atoms with van der Waals surface area (Å²) in [6.07, 6.45) is 1.37. The third kappa shape index (κ3) is 4.34. The predicted molar refractivity (Wildman–Crippen MR) is 87.7 cm³/mol. The van der Waals surface area contributed by atoms with Crippen LogP contribution in [0.25, 0.3) is 0 Å². The van der Waals surface area contributed by atoms with Crippen molar-refractivity contribution in [2.75, 3.05) is 18.1 Å². The quantitative estimate of drug-likeness (QED) is 0.654. The Morgan fingerprint density at radius 1 is 1.18 bits per heavy atom. The van der Waals surface area contributed by atoms with E-state index in [1.54, 1.807) is 42.1 Å². The molecule has 0 aliphatic rings.